The Hall–Kier alpha value is -2.69. The van der Waals surface area contributed by atoms with Crippen LogP contribution in [-0.4, -0.2) is 20.5 Å². The number of nitrogens with one attached hydrogen (secondary N) is 1. The molecular formula is C17H18N4O. The summed E-state index contributed by atoms with van der Waals surface area (Å²) in [5, 5.41) is 7.30. The van der Waals surface area contributed by atoms with Crippen LogP contribution in [0.4, 0.5) is 5.69 Å². The van der Waals surface area contributed by atoms with Crippen molar-refractivity contribution in [2.45, 2.75) is 26.2 Å². The number of amides is 1. The molecule has 3 rings (SSSR count). The maximum Gasteiger partial charge on any atom is 0.228 e. The molecule has 5 nitrogen and oxygen atoms in total. The van der Waals surface area contributed by atoms with Crippen molar-refractivity contribution in [2.24, 2.45) is 0 Å². The second kappa shape index (κ2) is 6.39. The number of anilines is 1. The lowest BCUT2D eigenvalue weighted by molar-refractivity contribution is -0.115. The van der Waals surface area contributed by atoms with Gasteiger partial charge in [-0.05, 0) is 24.1 Å². The molecule has 0 unspecified atom stereocenters. The summed E-state index contributed by atoms with van der Waals surface area (Å²) in [4.78, 5) is 16.5. The monoisotopic (exact) mass is 294 g/mol. The first-order valence-electron chi connectivity index (χ1n) is 7.43. The van der Waals surface area contributed by atoms with E-state index in [-0.39, 0.29) is 5.91 Å². The molecule has 3 aromatic rings. The van der Waals surface area contributed by atoms with E-state index in [0.29, 0.717) is 6.42 Å². The van der Waals surface area contributed by atoms with E-state index in [2.05, 4.69) is 22.3 Å². The van der Waals surface area contributed by atoms with E-state index in [0.717, 1.165) is 35.6 Å². The Balaban J connectivity index is 1.71. The molecule has 0 atom stereocenters. The molecule has 0 bridgehead atoms. The predicted molar refractivity (Wildman–Crippen MR) is 85.8 cm³/mol. The molecule has 0 saturated carbocycles. The van der Waals surface area contributed by atoms with E-state index in [1.165, 1.54) is 0 Å². The van der Waals surface area contributed by atoms with Crippen LogP contribution in [0.1, 0.15) is 24.7 Å². The van der Waals surface area contributed by atoms with Crippen molar-refractivity contribution in [3.63, 3.8) is 0 Å². The van der Waals surface area contributed by atoms with Gasteiger partial charge in [0.05, 0.1) is 18.3 Å². The summed E-state index contributed by atoms with van der Waals surface area (Å²) in [7, 11) is 0. The normalized spacial score (nSPS) is 10.8. The Morgan fingerprint density at radius 3 is 2.77 bits per heavy atom. The van der Waals surface area contributed by atoms with Crippen molar-refractivity contribution in [3.05, 3.63) is 60.0 Å². The second-order valence-corrected chi connectivity index (χ2v) is 5.21. The number of benzene rings is 1. The number of rotatable bonds is 5. The summed E-state index contributed by atoms with van der Waals surface area (Å²) < 4.78 is 1.71. The molecule has 0 spiro atoms. The highest BCUT2D eigenvalue weighted by Gasteiger charge is 2.07. The number of hydrogen-bond acceptors (Lipinski definition) is 3. The van der Waals surface area contributed by atoms with Crippen LogP contribution in [0, 0.1) is 0 Å². The Morgan fingerprint density at radius 1 is 1.18 bits per heavy atom. The van der Waals surface area contributed by atoms with Crippen molar-refractivity contribution in [1.82, 2.24) is 14.6 Å². The lowest BCUT2D eigenvalue weighted by Gasteiger charge is -2.05. The molecule has 1 N–H and O–H groups in total. The first-order valence-corrected chi connectivity index (χ1v) is 7.43. The van der Waals surface area contributed by atoms with Gasteiger partial charge in [-0.2, -0.15) is 5.10 Å². The van der Waals surface area contributed by atoms with Crippen LogP contribution in [0.2, 0.25) is 0 Å². The molecule has 1 amide bonds. The fraction of sp³-hybridized carbons (Fsp3) is 0.235. The average molecular weight is 294 g/mol. The summed E-state index contributed by atoms with van der Waals surface area (Å²) in [6, 6.07) is 13.4. The van der Waals surface area contributed by atoms with Crippen LogP contribution in [0.15, 0.2) is 48.7 Å². The Morgan fingerprint density at radius 2 is 2.00 bits per heavy atom. The number of fused-ring (bicyclic) bond motifs is 1. The SMILES string of the molecule is CCCc1nc2ccc(NC(=O)Cc3ccccc3)cn2n1. The van der Waals surface area contributed by atoms with Gasteiger partial charge in [-0.3, -0.25) is 4.79 Å². The molecule has 0 fully saturated rings. The minimum Gasteiger partial charge on any atom is -0.324 e. The van der Waals surface area contributed by atoms with Crippen molar-refractivity contribution < 1.29 is 4.79 Å². The largest absolute Gasteiger partial charge is 0.324 e. The van der Waals surface area contributed by atoms with Crippen molar-refractivity contribution in [2.75, 3.05) is 5.32 Å². The summed E-state index contributed by atoms with van der Waals surface area (Å²) >= 11 is 0. The molecule has 0 radical (unpaired) electrons. The van der Waals surface area contributed by atoms with E-state index < -0.39 is 0 Å². The van der Waals surface area contributed by atoms with Crippen LogP contribution in [0.3, 0.4) is 0 Å². The van der Waals surface area contributed by atoms with Gasteiger partial charge in [0.1, 0.15) is 0 Å². The minimum atomic E-state index is -0.0422. The third kappa shape index (κ3) is 3.31. The number of hydrogen-bond donors (Lipinski definition) is 1. The summed E-state index contributed by atoms with van der Waals surface area (Å²) in [6.07, 6.45) is 4.02. The van der Waals surface area contributed by atoms with Crippen LogP contribution in [-0.2, 0) is 17.6 Å². The maximum atomic E-state index is 12.1. The molecule has 2 heterocycles. The molecule has 5 heteroatoms. The number of carbonyl (C=O) groups is 1. The van der Waals surface area contributed by atoms with Crippen molar-refractivity contribution in [1.29, 1.82) is 0 Å². The number of nitrogens with zero attached hydrogens (tertiary/aromatic N) is 3. The third-order valence-electron chi connectivity index (χ3n) is 3.34. The Labute approximate surface area is 129 Å². The summed E-state index contributed by atoms with van der Waals surface area (Å²) in [6.45, 7) is 2.10. The lowest BCUT2D eigenvalue weighted by Crippen LogP contribution is -2.14. The fourth-order valence-corrected chi connectivity index (χ4v) is 2.32. The molecule has 2 aromatic heterocycles. The Bertz CT molecular complexity index is 780. The molecule has 1 aromatic carbocycles. The van der Waals surface area contributed by atoms with Crippen molar-refractivity contribution >= 4 is 17.2 Å². The van der Waals surface area contributed by atoms with E-state index >= 15 is 0 Å². The highest BCUT2D eigenvalue weighted by atomic mass is 16.1. The zero-order valence-corrected chi connectivity index (χ0v) is 12.5. The minimum absolute atomic E-state index is 0.0422. The molecule has 0 aliphatic heterocycles. The molecule has 0 aliphatic rings. The van der Waals surface area contributed by atoms with Gasteiger partial charge in [0.15, 0.2) is 11.5 Å². The molecular weight excluding hydrogens is 276 g/mol. The Kier molecular flexibility index (Phi) is 4.14. The number of carbonyl (C=O) groups excluding carboxylic acids is 1. The summed E-state index contributed by atoms with van der Waals surface area (Å²) in [5.74, 6) is 0.787. The number of aryl methyl sites for hydroxylation is 1. The van der Waals surface area contributed by atoms with Crippen LogP contribution >= 0.6 is 0 Å². The molecule has 0 saturated heterocycles. The molecule has 22 heavy (non-hydrogen) atoms. The highest BCUT2D eigenvalue weighted by Crippen LogP contribution is 2.11. The first-order chi connectivity index (χ1) is 10.7. The van der Waals surface area contributed by atoms with Gasteiger partial charge in [0, 0.05) is 6.42 Å². The number of aromatic nitrogens is 3. The number of pyridine rings is 1. The smallest absolute Gasteiger partial charge is 0.228 e. The van der Waals surface area contributed by atoms with Gasteiger partial charge in [0.25, 0.3) is 0 Å². The van der Waals surface area contributed by atoms with E-state index in [1.807, 2.05) is 42.5 Å². The van der Waals surface area contributed by atoms with Gasteiger partial charge in [-0.15, -0.1) is 0 Å². The molecule has 112 valence electrons. The highest BCUT2D eigenvalue weighted by molar-refractivity contribution is 5.92. The third-order valence-corrected chi connectivity index (χ3v) is 3.34. The van der Waals surface area contributed by atoms with Crippen LogP contribution < -0.4 is 5.32 Å². The summed E-state index contributed by atoms with van der Waals surface area (Å²) in [5.41, 5.74) is 2.51. The average Bonchev–Trinajstić information content (AvgIpc) is 2.90. The maximum absolute atomic E-state index is 12.1. The standard InChI is InChI=1S/C17H18N4O/c1-2-6-15-19-16-10-9-14(12-21(16)20-15)18-17(22)11-13-7-4-3-5-8-13/h3-5,7-10,12H,2,6,11H2,1H3,(H,18,22). The van der Waals surface area contributed by atoms with Crippen LogP contribution in [0.25, 0.3) is 5.65 Å². The van der Waals surface area contributed by atoms with Gasteiger partial charge >= 0.3 is 0 Å². The van der Waals surface area contributed by atoms with E-state index in [4.69, 9.17) is 0 Å². The molecule has 0 aliphatic carbocycles. The van der Waals surface area contributed by atoms with Crippen LogP contribution in [0.5, 0.6) is 0 Å². The van der Waals surface area contributed by atoms with Gasteiger partial charge in [0.2, 0.25) is 5.91 Å². The van der Waals surface area contributed by atoms with Crippen molar-refractivity contribution in [3.8, 4) is 0 Å². The quantitative estimate of drug-likeness (QED) is 0.787. The van der Waals surface area contributed by atoms with Gasteiger partial charge < -0.3 is 5.32 Å². The zero-order chi connectivity index (χ0) is 15.4. The fourth-order valence-electron chi connectivity index (χ4n) is 2.32. The lowest BCUT2D eigenvalue weighted by atomic mass is 10.1. The second-order valence-electron chi connectivity index (χ2n) is 5.21. The van der Waals surface area contributed by atoms with Gasteiger partial charge in [-0.25, -0.2) is 9.50 Å². The topological polar surface area (TPSA) is 59.3 Å². The predicted octanol–water partition coefficient (Wildman–Crippen LogP) is 2.86. The first kappa shape index (κ1) is 14.3. The van der Waals surface area contributed by atoms with E-state index in [9.17, 15) is 4.79 Å². The van der Waals surface area contributed by atoms with E-state index in [1.54, 1.807) is 10.7 Å². The van der Waals surface area contributed by atoms with Gasteiger partial charge in [-0.1, -0.05) is 37.3 Å². The zero-order valence-electron chi connectivity index (χ0n) is 12.5.